The molecule has 112 valence electrons. The third-order valence-electron chi connectivity index (χ3n) is 3.48. The van der Waals surface area contributed by atoms with Crippen molar-refractivity contribution in [2.24, 2.45) is 0 Å². The number of phenols is 1. The maximum atomic E-state index is 13.9. The predicted molar refractivity (Wildman–Crippen MR) is 87.3 cm³/mol. The van der Waals surface area contributed by atoms with Gasteiger partial charge in [-0.25, -0.2) is 4.39 Å². The first kappa shape index (κ1) is 14.6. The van der Waals surface area contributed by atoms with Gasteiger partial charge in [0.2, 0.25) is 0 Å². The van der Waals surface area contributed by atoms with Crippen molar-refractivity contribution in [2.75, 3.05) is 0 Å². The van der Waals surface area contributed by atoms with E-state index in [1.54, 1.807) is 48.5 Å². The van der Waals surface area contributed by atoms with Crippen LogP contribution in [0.15, 0.2) is 66.9 Å². The standard InChI is InChI=1S/C19H13FN2O/c20-19-6-2-1-5-18(19)14(13-21)12-16-4-3-11-22(16)15-7-9-17(23)10-8-15/h1-12,23H/b14-12-. The Morgan fingerprint density at radius 2 is 1.78 bits per heavy atom. The number of aromatic nitrogens is 1. The summed E-state index contributed by atoms with van der Waals surface area (Å²) in [5.41, 5.74) is 2.11. The fourth-order valence-corrected chi connectivity index (χ4v) is 2.36. The molecule has 0 amide bonds. The van der Waals surface area contributed by atoms with Gasteiger partial charge in [0.05, 0.1) is 11.6 Å². The van der Waals surface area contributed by atoms with E-state index in [1.165, 1.54) is 6.07 Å². The van der Waals surface area contributed by atoms with Gasteiger partial charge in [0, 0.05) is 23.1 Å². The number of benzene rings is 2. The molecule has 0 radical (unpaired) electrons. The quantitative estimate of drug-likeness (QED) is 0.730. The molecule has 0 unspecified atom stereocenters. The van der Waals surface area contributed by atoms with Gasteiger partial charge in [0.15, 0.2) is 0 Å². The summed E-state index contributed by atoms with van der Waals surface area (Å²) < 4.78 is 15.8. The van der Waals surface area contributed by atoms with Crippen LogP contribution in [0.5, 0.6) is 5.75 Å². The van der Waals surface area contributed by atoms with Crippen molar-refractivity contribution >= 4 is 11.6 Å². The Kier molecular flexibility index (Phi) is 3.94. The van der Waals surface area contributed by atoms with E-state index in [9.17, 15) is 14.8 Å². The van der Waals surface area contributed by atoms with Crippen molar-refractivity contribution in [3.05, 3.63) is 83.9 Å². The van der Waals surface area contributed by atoms with Gasteiger partial charge in [0.1, 0.15) is 11.6 Å². The van der Waals surface area contributed by atoms with Gasteiger partial charge in [-0.2, -0.15) is 5.26 Å². The van der Waals surface area contributed by atoms with Crippen molar-refractivity contribution in [3.8, 4) is 17.5 Å². The minimum absolute atomic E-state index is 0.182. The van der Waals surface area contributed by atoms with E-state index in [0.29, 0.717) is 0 Å². The molecule has 3 rings (SSSR count). The lowest BCUT2D eigenvalue weighted by atomic mass is 10.1. The first-order valence-electron chi connectivity index (χ1n) is 7.02. The number of allylic oxidation sites excluding steroid dienone is 1. The van der Waals surface area contributed by atoms with Crippen LogP contribution in [-0.4, -0.2) is 9.67 Å². The summed E-state index contributed by atoms with van der Waals surface area (Å²) in [6, 6.07) is 18.6. The van der Waals surface area contributed by atoms with Crippen molar-refractivity contribution < 1.29 is 9.50 Å². The molecule has 0 atom stereocenters. The summed E-state index contributed by atoms with van der Waals surface area (Å²) in [4.78, 5) is 0. The van der Waals surface area contributed by atoms with Crippen LogP contribution in [0.3, 0.4) is 0 Å². The fourth-order valence-electron chi connectivity index (χ4n) is 2.36. The number of aromatic hydroxyl groups is 1. The van der Waals surface area contributed by atoms with Crippen molar-refractivity contribution in [2.45, 2.75) is 0 Å². The van der Waals surface area contributed by atoms with Gasteiger partial charge >= 0.3 is 0 Å². The largest absolute Gasteiger partial charge is 0.508 e. The monoisotopic (exact) mass is 304 g/mol. The lowest BCUT2D eigenvalue weighted by molar-refractivity contribution is 0.475. The molecule has 0 saturated heterocycles. The molecule has 0 aliphatic heterocycles. The van der Waals surface area contributed by atoms with Crippen LogP contribution in [0.4, 0.5) is 4.39 Å². The van der Waals surface area contributed by atoms with Crippen LogP contribution in [0.1, 0.15) is 11.3 Å². The molecule has 3 nitrogen and oxygen atoms in total. The second kappa shape index (κ2) is 6.20. The molecule has 0 saturated carbocycles. The highest BCUT2D eigenvalue weighted by molar-refractivity contribution is 5.89. The number of nitriles is 1. The van der Waals surface area contributed by atoms with Crippen LogP contribution in [-0.2, 0) is 0 Å². The average molecular weight is 304 g/mol. The lowest BCUT2D eigenvalue weighted by Crippen LogP contribution is -1.95. The summed E-state index contributed by atoms with van der Waals surface area (Å²) in [6.45, 7) is 0. The van der Waals surface area contributed by atoms with Crippen LogP contribution >= 0.6 is 0 Å². The molecule has 23 heavy (non-hydrogen) atoms. The van der Waals surface area contributed by atoms with Crippen LogP contribution < -0.4 is 0 Å². The topological polar surface area (TPSA) is 49.0 Å². The zero-order valence-corrected chi connectivity index (χ0v) is 12.1. The Morgan fingerprint density at radius 3 is 2.48 bits per heavy atom. The molecular formula is C19H13FN2O. The van der Waals surface area contributed by atoms with Gasteiger partial charge in [-0.1, -0.05) is 18.2 Å². The Hall–Kier alpha value is -3.32. The second-order valence-corrected chi connectivity index (χ2v) is 4.97. The Bertz CT molecular complexity index is 902. The summed E-state index contributed by atoms with van der Waals surface area (Å²) in [7, 11) is 0. The Balaban J connectivity index is 2.06. The minimum Gasteiger partial charge on any atom is -0.508 e. The number of phenolic OH excluding ortho intramolecular Hbond substituents is 1. The molecule has 1 aromatic heterocycles. The summed E-state index contributed by atoms with van der Waals surface area (Å²) >= 11 is 0. The molecular weight excluding hydrogens is 291 g/mol. The van der Waals surface area contributed by atoms with Crippen molar-refractivity contribution in [3.63, 3.8) is 0 Å². The van der Waals surface area contributed by atoms with E-state index >= 15 is 0 Å². The average Bonchev–Trinajstić information content (AvgIpc) is 3.02. The molecule has 0 aliphatic carbocycles. The molecule has 4 heteroatoms. The number of hydrogen-bond donors (Lipinski definition) is 1. The zero-order valence-electron chi connectivity index (χ0n) is 12.1. The third-order valence-corrected chi connectivity index (χ3v) is 3.48. The van der Waals surface area contributed by atoms with Crippen molar-refractivity contribution in [1.29, 1.82) is 5.26 Å². The summed E-state index contributed by atoms with van der Waals surface area (Å²) in [6.07, 6.45) is 3.49. The molecule has 3 aromatic rings. The van der Waals surface area contributed by atoms with E-state index in [1.807, 2.05) is 22.9 Å². The molecule has 1 heterocycles. The maximum absolute atomic E-state index is 13.9. The molecule has 2 aromatic carbocycles. The first-order chi connectivity index (χ1) is 11.2. The number of halogens is 1. The highest BCUT2D eigenvalue weighted by Crippen LogP contribution is 2.23. The van der Waals surface area contributed by atoms with Gasteiger partial charge in [-0.05, 0) is 48.5 Å². The molecule has 0 aliphatic rings. The van der Waals surface area contributed by atoms with Crippen molar-refractivity contribution in [1.82, 2.24) is 4.57 Å². The van der Waals surface area contributed by atoms with E-state index in [4.69, 9.17) is 0 Å². The number of hydrogen-bond acceptors (Lipinski definition) is 2. The molecule has 0 spiro atoms. The molecule has 0 bridgehead atoms. The van der Waals surface area contributed by atoms with Crippen LogP contribution in [0, 0.1) is 17.1 Å². The zero-order chi connectivity index (χ0) is 16.2. The molecule has 1 N–H and O–H groups in total. The summed E-state index contributed by atoms with van der Waals surface area (Å²) in [5, 5.41) is 18.8. The molecule has 0 fully saturated rings. The fraction of sp³-hybridized carbons (Fsp3) is 0. The Morgan fingerprint density at radius 1 is 1.04 bits per heavy atom. The Labute approximate surface area is 133 Å². The number of nitrogens with zero attached hydrogens (tertiary/aromatic N) is 2. The van der Waals surface area contributed by atoms with Crippen LogP contribution in [0.25, 0.3) is 17.3 Å². The minimum atomic E-state index is -0.428. The number of rotatable bonds is 3. The normalized spacial score (nSPS) is 11.2. The maximum Gasteiger partial charge on any atom is 0.131 e. The smallest absolute Gasteiger partial charge is 0.131 e. The van der Waals surface area contributed by atoms with Gasteiger partial charge in [-0.15, -0.1) is 0 Å². The highest BCUT2D eigenvalue weighted by atomic mass is 19.1. The SMILES string of the molecule is N#C/C(=C/c1cccn1-c1ccc(O)cc1)c1ccccc1F. The first-order valence-corrected chi connectivity index (χ1v) is 7.02. The van der Waals surface area contributed by atoms with Gasteiger partial charge in [0.25, 0.3) is 0 Å². The van der Waals surface area contributed by atoms with Gasteiger partial charge in [-0.3, -0.25) is 0 Å². The second-order valence-electron chi connectivity index (χ2n) is 4.97. The highest BCUT2D eigenvalue weighted by Gasteiger charge is 2.09. The van der Waals surface area contributed by atoms with E-state index in [2.05, 4.69) is 6.07 Å². The van der Waals surface area contributed by atoms with Crippen LogP contribution in [0.2, 0.25) is 0 Å². The summed E-state index contributed by atoms with van der Waals surface area (Å²) in [5.74, 6) is -0.245. The predicted octanol–water partition coefficient (Wildman–Crippen LogP) is 4.39. The van der Waals surface area contributed by atoms with E-state index < -0.39 is 5.82 Å². The lowest BCUT2D eigenvalue weighted by Gasteiger charge is -2.08. The third kappa shape index (κ3) is 2.99. The van der Waals surface area contributed by atoms with Gasteiger partial charge < -0.3 is 9.67 Å². The van der Waals surface area contributed by atoms with E-state index in [0.717, 1.165) is 11.4 Å². The van der Waals surface area contributed by atoms with E-state index in [-0.39, 0.29) is 16.9 Å².